The van der Waals surface area contributed by atoms with Crippen molar-refractivity contribution in [3.8, 4) is 0 Å². The van der Waals surface area contributed by atoms with Gasteiger partial charge in [-0.2, -0.15) is 0 Å². The first-order valence-electron chi connectivity index (χ1n) is 60.9. The van der Waals surface area contributed by atoms with Gasteiger partial charge in [0.05, 0.1) is 80.2 Å². The number of carbonyl (C=O) groups is 6. The Balaban J connectivity index is 0. The maximum Gasteiger partial charge on any atom is 0.362 e. The van der Waals surface area contributed by atoms with Crippen LogP contribution in [0.4, 0.5) is 0 Å². The average Bonchev–Trinajstić information content (AvgIpc) is 0.893. The molecule has 0 aliphatic heterocycles. The summed E-state index contributed by atoms with van der Waals surface area (Å²) in [6, 6.07) is 0. The van der Waals surface area contributed by atoms with Crippen molar-refractivity contribution in [3.05, 3.63) is 36.5 Å². The quantitative estimate of drug-likeness (QED) is 0.0170. The van der Waals surface area contributed by atoms with Gasteiger partial charge in [-0.05, 0) is 154 Å². The van der Waals surface area contributed by atoms with Crippen LogP contribution in [0.3, 0.4) is 0 Å². The summed E-state index contributed by atoms with van der Waals surface area (Å²) in [7, 11) is 12.7. The van der Waals surface area contributed by atoms with Gasteiger partial charge in [-0.1, -0.05) is 444 Å². The lowest BCUT2D eigenvalue weighted by Crippen LogP contribution is -3.00. The molecule has 0 aromatic heterocycles. The number of rotatable bonds is 110. The Labute approximate surface area is 883 Å². The number of ether oxygens (including phenoxy) is 6. The van der Waals surface area contributed by atoms with Crippen LogP contribution in [0.15, 0.2) is 36.5 Å². The molecule has 0 aromatic rings. The Morgan fingerprint density at radius 2 is 0.401 bits per heavy atom. The second-order valence-corrected chi connectivity index (χ2v) is 45.2. The van der Waals surface area contributed by atoms with Gasteiger partial charge in [0.1, 0.15) is 31.5 Å². The Hall–Kier alpha value is -3.91. The number of aliphatic hydroxyl groups excluding tert-OH is 3. The molecule has 6 atom stereocenters. The van der Waals surface area contributed by atoms with E-state index in [-0.39, 0.29) is 74.7 Å². The highest BCUT2D eigenvalue weighted by atomic mass is 35.5. The molecule has 0 radical (unpaired) electrons. The molecule has 18 nitrogen and oxygen atoms in total. The van der Waals surface area contributed by atoms with E-state index in [4.69, 9.17) is 28.4 Å². The minimum atomic E-state index is -0.934. The van der Waals surface area contributed by atoms with Crippen molar-refractivity contribution in [1.82, 2.24) is 0 Å². The van der Waals surface area contributed by atoms with E-state index >= 15 is 0 Å². The predicted octanol–water partition coefficient (Wildman–Crippen LogP) is 29.6. The molecule has 0 heterocycles. The molecule has 6 unspecified atom stereocenters. The van der Waals surface area contributed by atoms with E-state index in [0.717, 1.165) is 193 Å². The van der Waals surface area contributed by atoms with Crippen LogP contribution in [0.5, 0.6) is 0 Å². The smallest absolute Gasteiger partial charge is 0.362 e. The molecule has 0 saturated carbocycles. The first-order chi connectivity index (χ1) is 68.4. The van der Waals surface area contributed by atoms with Gasteiger partial charge in [0.2, 0.25) is 0 Å². The lowest BCUT2D eigenvalue weighted by atomic mass is 10.0. The molecule has 0 bridgehead atoms. The second-order valence-electron chi connectivity index (χ2n) is 45.2. The van der Waals surface area contributed by atoms with E-state index in [0.29, 0.717) is 90.9 Å². The molecule has 0 rings (SSSR count). The van der Waals surface area contributed by atoms with Crippen molar-refractivity contribution >= 4 is 35.8 Å². The standard InChI is InChI=1S/C123H236N3O15.ClH/c1-13-19-25-28-31-34-37-40-43-46-49-52-61-70-79-91-103-124(7,8)106-121(133)139-115(97-82-22-16-4)112(127)94-85-73-64-55-58-67-76-88-100-118(130)136-109-111(138-120(132)102-90-78-69-60-57-66-75-87-96-114(129)117(99-84-24-18-6)141-123(135)108-126(11,12)105-93-81-72-63-54-51-48-45-42-39-36-33-30-27-21-15-3)110-137-119(131)101-89-77-68-59-56-65-74-86-95-113(128)116(98-83-23-17-5)140-122(134)107-125(9,10)104-92-80-71-62-53-50-47-44-41-38-35-32-29-26-20-14-2;/h73-75,85-87,111-117,127-129H,13-72,76-84,88-110H2,1-12H3;1H/q+3;/p-1/b85-73+,86-74+,87-75+;. The third-order valence-corrected chi connectivity index (χ3v) is 29.0. The van der Waals surface area contributed by atoms with Gasteiger partial charge in [0, 0.05) is 19.3 Å². The minimum absolute atomic E-state index is 0. The number of hydrogen-bond acceptors (Lipinski definition) is 15. The first kappa shape index (κ1) is 140. The number of aliphatic hydroxyl groups is 3. The van der Waals surface area contributed by atoms with E-state index in [1.54, 1.807) is 0 Å². The molecule has 19 heteroatoms. The third kappa shape index (κ3) is 96.9. The second kappa shape index (κ2) is 103. The van der Waals surface area contributed by atoms with E-state index in [9.17, 15) is 44.1 Å². The number of quaternary nitrogens is 3. The average molecular weight is 2030 g/mol. The molecule has 0 aliphatic carbocycles. The molecule has 0 spiro atoms. The number of hydrogen-bond donors (Lipinski definition) is 3. The fourth-order valence-corrected chi connectivity index (χ4v) is 19.5. The first-order valence-corrected chi connectivity index (χ1v) is 60.9. The van der Waals surface area contributed by atoms with Gasteiger partial charge in [0.15, 0.2) is 25.7 Å². The van der Waals surface area contributed by atoms with Gasteiger partial charge in [-0.15, -0.1) is 0 Å². The molecule has 838 valence electrons. The molecular weight excluding hydrogens is 1790 g/mol. The van der Waals surface area contributed by atoms with Gasteiger partial charge < -0.3 is 69.6 Å². The molecule has 142 heavy (non-hydrogen) atoms. The van der Waals surface area contributed by atoms with Crippen molar-refractivity contribution in [2.45, 2.75) is 624 Å². The van der Waals surface area contributed by atoms with Crippen molar-refractivity contribution in [3.63, 3.8) is 0 Å². The molecule has 0 aliphatic rings. The van der Waals surface area contributed by atoms with Crippen molar-refractivity contribution in [1.29, 1.82) is 0 Å². The maximum atomic E-state index is 13.4. The van der Waals surface area contributed by atoms with Crippen LogP contribution in [0.1, 0.15) is 581 Å². The summed E-state index contributed by atoms with van der Waals surface area (Å²) < 4.78 is 37.2. The Bertz CT molecular complexity index is 2760. The van der Waals surface area contributed by atoms with Crippen LogP contribution < -0.4 is 12.4 Å². The minimum Gasteiger partial charge on any atom is -1.00 e. The summed E-state index contributed by atoms with van der Waals surface area (Å²) in [4.78, 5) is 79.9. The Kier molecular flexibility index (Phi) is 102. The van der Waals surface area contributed by atoms with E-state index in [1.165, 1.54) is 289 Å². The van der Waals surface area contributed by atoms with Crippen LogP contribution in [-0.2, 0) is 57.2 Å². The van der Waals surface area contributed by atoms with Gasteiger partial charge in [0.25, 0.3) is 0 Å². The zero-order valence-corrected chi connectivity index (χ0v) is 96.3. The summed E-state index contributed by atoms with van der Waals surface area (Å²) in [5, 5.41) is 34.0. The van der Waals surface area contributed by atoms with Crippen LogP contribution in [0, 0.1) is 0 Å². The normalized spacial score (nSPS) is 13.6. The Morgan fingerprint density at radius 3 is 0.620 bits per heavy atom. The third-order valence-electron chi connectivity index (χ3n) is 29.0. The molecule has 0 aromatic carbocycles. The lowest BCUT2D eigenvalue weighted by Gasteiger charge is -2.30. The number of carbonyl (C=O) groups excluding carboxylic acids is 6. The SMILES string of the molecule is CCCCCCCCCCCCCCCCCC[N+](C)(C)CC(=O)OC(CCCCC)C(O)C/C=C/CCCCCCCC(=O)OCC(COC(=O)CCCCCCC/C=C/CC(O)C(CCCCC)OC(=O)C[N+](C)(C)CCCCCCCCCCCCCCCCCC)OC(=O)CCCCCCC/C=C/CC(O)C(CCCCC)OC(=O)C[N+](C)(C)CCCCCCCCCCCCCCCCCC.[Cl-]. The molecule has 3 N–H and O–H groups in total. The molecule has 0 fully saturated rings. The summed E-state index contributed by atoms with van der Waals surface area (Å²) >= 11 is 0. The molecule has 0 amide bonds. The highest BCUT2D eigenvalue weighted by molar-refractivity contribution is 5.72. The van der Waals surface area contributed by atoms with Gasteiger partial charge in [-0.3, -0.25) is 14.4 Å². The maximum absolute atomic E-state index is 13.4. The van der Waals surface area contributed by atoms with Crippen LogP contribution in [0.25, 0.3) is 0 Å². The predicted molar refractivity (Wildman–Crippen MR) is 594 cm³/mol. The fourth-order valence-electron chi connectivity index (χ4n) is 19.5. The van der Waals surface area contributed by atoms with Crippen molar-refractivity contribution in [2.24, 2.45) is 0 Å². The summed E-state index contributed by atoms with van der Waals surface area (Å²) in [5.74, 6) is -1.90. The van der Waals surface area contributed by atoms with E-state index in [2.05, 4.69) is 102 Å². The zero-order chi connectivity index (χ0) is 104. The number of likely N-dealkylation sites (N-methyl/N-ethyl adjacent to an activating group) is 3. The van der Waals surface area contributed by atoms with Gasteiger partial charge >= 0.3 is 35.8 Å². The van der Waals surface area contributed by atoms with Crippen LogP contribution >= 0.6 is 0 Å². The monoisotopic (exact) mass is 2030 g/mol. The topological polar surface area (TPSA) is 218 Å². The summed E-state index contributed by atoms with van der Waals surface area (Å²) in [6.45, 7) is 16.6. The van der Waals surface area contributed by atoms with E-state index < -0.39 is 48.7 Å². The fraction of sp³-hybridized carbons (Fsp3) is 0.902. The van der Waals surface area contributed by atoms with Crippen LogP contribution in [-0.4, -0.2) is 202 Å². The molecule has 0 saturated heterocycles. The van der Waals surface area contributed by atoms with Crippen LogP contribution in [0.2, 0.25) is 0 Å². The van der Waals surface area contributed by atoms with E-state index in [1.807, 2.05) is 18.2 Å². The van der Waals surface area contributed by atoms with Crippen molar-refractivity contribution in [2.75, 3.05) is 94.8 Å². The molecular formula is C123H236ClN3O15+2. The number of nitrogens with zero attached hydrogens (tertiary/aromatic N) is 3. The lowest BCUT2D eigenvalue weighted by molar-refractivity contribution is -0.883. The van der Waals surface area contributed by atoms with Gasteiger partial charge in [-0.25, -0.2) is 14.4 Å². The highest BCUT2D eigenvalue weighted by Gasteiger charge is 2.31. The summed E-state index contributed by atoms with van der Waals surface area (Å²) in [5.41, 5.74) is 0. The highest BCUT2D eigenvalue weighted by Crippen LogP contribution is 2.26. The summed E-state index contributed by atoms with van der Waals surface area (Å²) in [6.07, 6.45) is 100. The number of allylic oxidation sites excluding steroid dienone is 3. The number of halogens is 1. The zero-order valence-electron chi connectivity index (χ0n) is 95.5. The van der Waals surface area contributed by atoms with Crippen molar-refractivity contribution < 1.29 is 98.4 Å². The largest absolute Gasteiger partial charge is 1.00 e. The number of unbranched alkanes of at least 4 members (excludes halogenated alkanes) is 66. The number of esters is 6. The Morgan fingerprint density at radius 1 is 0.218 bits per heavy atom.